The fraction of sp³-hybridized carbons (Fsp3) is 0.358. The van der Waals surface area contributed by atoms with E-state index in [1.165, 1.54) is 13.2 Å². The Hall–Kier alpha value is -6.09. The Morgan fingerprint density at radius 1 is 0.687 bits per heavy atom. The average molecular weight is 974 g/mol. The quantitative estimate of drug-likeness (QED) is 0.0958. The number of hydrogen-bond acceptors (Lipinski definition) is 10. The standard InChI is InChI=1S/C30H32FN3O4.C23H26BrN3O2/c1-4-28(35)24-7-5-21(13-19(24)2)34-18-33-30-26(32-17-20-9-11-37-12-10-20)15-23(16-27(30)34)38-29-8-6-22(36-3)14-25(29)31;1-3-22(28)19-5-4-18(10-15(19)2)27-14-26-23-20(11-17(24)12-21(23)27)25-13-16-6-8-29-9-7-16/h5-8,13-16,18,20,32H,4,9-12,17H2,1-3H3;4-5,10-12,14,16,25H,3,6-9,13H2,1-2H3. The number of Topliss-reactive ketones (excluding diaryl/α,β-unsaturated/α-hetero) is 2. The maximum absolute atomic E-state index is 14.7. The van der Waals surface area contributed by atoms with Crippen molar-refractivity contribution in [3.63, 3.8) is 0 Å². The highest BCUT2D eigenvalue weighted by Crippen LogP contribution is 2.36. The number of carbonyl (C=O) groups excluding carboxylic acids is 2. The van der Waals surface area contributed by atoms with Gasteiger partial charge in [0.1, 0.15) is 35.2 Å². The van der Waals surface area contributed by atoms with Gasteiger partial charge >= 0.3 is 0 Å². The second kappa shape index (κ2) is 21.7. The summed E-state index contributed by atoms with van der Waals surface area (Å²) in [6.45, 7) is 12.6. The highest BCUT2D eigenvalue weighted by molar-refractivity contribution is 9.10. The van der Waals surface area contributed by atoms with Crippen LogP contribution in [0.5, 0.6) is 17.2 Å². The molecule has 0 bridgehead atoms. The molecule has 0 unspecified atom stereocenters. The maximum Gasteiger partial charge on any atom is 0.169 e. The molecule has 14 heteroatoms. The molecule has 350 valence electrons. The van der Waals surface area contributed by atoms with Gasteiger partial charge in [-0.05, 0) is 123 Å². The molecule has 0 amide bonds. The van der Waals surface area contributed by atoms with Crippen LogP contribution >= 0.6 is 15.9 Å². The number of hydrogen-bond donors (Lipinski definition) is 2. The third-order valence-corrected chi connectivity index (χ3v) is 13.1. The summed E-state index contributed by atoms with van der Waals surface area (Å²) in [5.74, 6) is 1.90. The minimum absolute atomic E-state index is 0.102. The number of aryl methyl sites for hydroxylation is 2. The molecule has 2 fully saturated rings. The molecule has 4 heterocycles. The molecule has 0 radical (unpaired) electrons. The summed E-state index contributed by atoms with van der Waals surface area (Å²) in [5, 5.41) is 7.15. The Morgan fingerprint density at radius 2 is 1.19 bits per heavy atom. The number of fused-ring (bicyclic) bond motifs is 2. The molecular formula is C53H58BrFN6O6. The first kappa shape index (κ1) is 47.4. The van der Waals surface area contributed by atoms with Gasteiger partial charge in [-0.1, -0.05) is 29.8 Å². The van der Waals surface area contributed by atoms with Crippen molar-refractivity contribution in [2.75, 3.05) is 57.3 Å². The predicted molar refractivity (Wildman–Crippen MR) is 266 cm³/mol. The van der Waals surface area contributed by atoms with E-state index in [4.69, 9.17) is 28.9 Å². The SMILES string of the molecule is CCC(=O)c1ccc(-n2cnc3c(NCC4CCOCC4)cc(Br)cc32)cc1C.CCC(=O)c1ccc(-n2cnc3c(NCC4CCOCC4)cc(Oc4ccc(OC)cc4F)cc32)cc1C. The highest BCUT2D eigenvalue weighted by Gasteiger charge is 2.20. The van der Waals surface area contributed by atoms with E-state index in [9.17, 15) is 14.0 Å². The molecule has 0 spiro atoms. The van der Waals surface area contributed by atoms with E-state index in [1.807, 2.05) is 81.1 Å². The number of ether oxygens (including phenoxy) is 4. The van der Waals surface area contributed by atoms with Crippen molar-refractivity contribution in [3.05, 3.63) is 124 Å². The number of nitrogens with one attached hydrogen (secondary N) is 2. The Balaban J connectivity index is 0.000000188. The van der Waals surface area contributed by atoms with Crippen LogP contribution in [0.4, 0.5) is 15.8 Å². The summed E-state index contributed by atoms with van der Waals surface area (Å²) in [5.41, 5.74) is 10.7. The molecule has 2 saturated heterocycles. The lowest BCUT2D eigenvalue weighted by Crippen LogP contribution is -2.22. The number of halogens is 2. The van der Waals surface area contributed by atoms with Crippen molar-refractivity contribution in [1.29, 1.82) is 0 Å². The Morgan fingerprint density at radius 3 is 1.67 bits per heavy atom. The fourth-order valence-corrected chi connectivity index (χ4v) is 9.19. The van der Waals surface area contributed by atoms with Crippen molar-refractivity contribution in [1.82, 2.24) is 19.1 Å². The molecule has 2 aliphatic rings. The third-order valence-electron chi connectivity index (χ3n) is 12.7. The van der Waals surface area contributed by atoms with Gasteiger partial charge in [-0.25, -0.2) is 14.4 Å². The number of rotatable bonds is 15. The molecule has 2 N–H and O–H groups in total. The predicted octanol–water partition coefficient (Wildman–Crippen LogP) is 12.2. The number of methoxy groups -OCH3 is 1. The highest BCUT2D eigenvalue weighted by atomic mass is 79.9. The molecule has 9 rings (SSSR count). The number of carbonyl (C=O) groups is 2. The monoisotopic (exact) mass is 972 g/mol. The van der Waals surface area contributed by atoms with Crippen LogP contribution < -0.4 is 20.1 Å². The van der Waals surface area contributed by atoms with Crippen molar-refractivity contribution < 1.29 is 32.9 Å². The van der Waals surface area contributed by atoms with E-state index in [0.717, 1.165) is 137 Å². The van der Waals surface area contributed by atoms with Crippen LogP contribution in [-0.2, 0) is 9.47 Å². The van der Waals surface area contributed by atoms with Gasteiger partial charge in [0.2, 0.25) is 0 Å². The van der Waals surface area contributed by atoms with E-state index < -0.39 is 5.82 Å². The molecule has 0 atom stereocenters. The van der Waals surface area contributed by atoms with E-state index in [0.29, 0.717) is 36.2 Å². The third kappa shape index (κ3) is 11.0. The van der Waals surface area contributed by atoms with Gasteiger partial charge in [0.15, 0.2) is 23.1 Å². The van der Waals surface area contributed by atoms with Gasteiger partial charge in [-0.15, -0.1) is 0 Å². The molecule has 7 aromatic rings. The van der Waals surface area contributed by atoms with Crippen molar-refractivity contribution >= 4 is 60.9 Å². The Labute approximate surface area is 399 Å². The first-order valence-corrected chi connectivity index (χ1v) is 23.9. The summed E-state index contributed by atoms with van der Waals surface area (Å²) < 4.78 is 41.9. The zero-order valence-electron chi connectivity index (χ0n) is 38.8. The second-order valence-corrected chi connectivity index (χ2v) is 18.1. The van der Waals surface area contributed by atoms with E-state index >= 15 is 0 Å². The summed E-state index contributed by atoms with van der Waals surface area (Å²) in [7, 11) is 1.49. The van der Waals surface area contributed by atoms with Gasteiger partial charge in [-0.2, -0.15) is 0 Å². The summed E-state index contributed by atoms with van der Waals surface area (Å²) in [6, 6.07) is 24.1. The topological polar surface area (TPSA) is 131 Å². The van der Waals surface area contributed by atoms with Crippen LogP contribution in [0.1, 0.15) is 84.2 Å². The maximum atomic E-state index is 14.7. The Kier molecular flexibility index (Phi) is 15.3. The number of aromatic nitrogens is 4. The minimum Gasteiger partial charge on any atom is -0.497 e. The van der Waals surface area contributed by atoms with Gasteiger partial charge in [0.25, 0.3) is 0 Å². The Bertz CT molecular complexity index is 2880. The molecule has 0 saturated carbocycles. The van der Waals surface area contributed by atoms with E-state index in [-0.39, 0.29) is 17.3 Å². The number of benzene rings is 5. The van der Waals surface area contributed by atoms with Gasteiger partial charge in [0.05, 0.1) is 29.5 Å². The smallest absolute Gasteiger partial charge is 0.169 e. The van der Waals surface area contributed by atoms with Crippen LogP contribution in [0.2, 0.25) is 0 Å². The zero-order chi connectivity index (χ0) is 47.0. The molecule has 12 nitrogen and oxygen atoms in total. The second-order valence-electron chi connectivity index (χ2n) is 17.2. The van der Waals surface area contributed by atoms with Crippen LogP contribution in [-0.4, -0.2) is 77.3 Å². The van der Waals surface area contributed by atoms with Crippen LogP contribution in [0.15, 0.2) is 96.0 Å². The normalized spacial score (nSPS) is 14.4. The van der Waals surface area contributed by atoms with Crippen molar-refractivity contribution in [3.8, 4) is 28.6 Å². The van der Waals surface area contributed by atoms with Gasteiger partial charge in [-0.3, -0.25) is 18.7 Å². The zero-order valence-corrected chi connectivity index (χ0v) is 40.4. The average Bonchev–Trinajstić information content (AvgIpc) is 3.98. The van der Waals surface area contributed by atoms with Gasteiger partial charge in [0, 0.05) is 97.5 Å². The fourth-order valence-electron chi connectivity index (χ4n) is 8.74. The molecule has 0 aliphatic carbocycles. The summed E-state index contributed by atoms with van der Waals surface area (Å²) >= 11 is 3.65. The lowest BCUT2D eigenvalue weighted by atomic mass is 10.0. The largest absolute Gasteiger partial charge is 0.497 e. The van der Waals surface area contributed by atoms with E-state index in [1.54, 1.807) is 18.5 Å². The number of nitrogens with zero attached hydrogens (tertiary/aromatic N) is 4. The minimum atomic E-state index is -0.513. The van der Waals surface area contributed by atoms with E-state index in [2.05, 4.69) is 49.3 Å². The van der Waals surface area contributed by atoms with Crippen LogP contribution in [0.3, 0.4) is 0 Å². The lowest BCUT2D eigenvalue weighted by molar-refractivity contribution is 0.0698. The number of imidazole rings is 2. The first-order valence-electron chi connectivity index (χ1n) is 23.1. The van der Waals surface area contributed by atoms with Crippen molar-refractivity contribution in [2.45, 2.75) is 66.2 Å². The molecule has 67 heavy (non-hydrogen) atoms. The van der Waals surface area contributed by atoms with Crippen LogP contribution in [0, 0.1) is 31.5 Å². The van der Waals surface area contributed by atoms with Crippen molar-refractivity contribution in [2.24, 2.45) is 11.8 Å². The molecular weight excluding hydrogens is 916 g/mol. The van der Waals surface area contributed by atoms with Crippen LogP contribution in [0.25, 0.3) is 33.4 Å². The molecule has 2 aliphatic heterocycles. The number of ketones is 2. The summed E-state index contributed by atoms with van der Waals surface area (Å²) in [4.78, 5) is 33.8. The molecule has 5 aromatic carbocycles. The number of anilines is 2. The van der Waals surface area contributed by atoms with Gasteiger partial charge < -0.3 is 29.6 Å². The summed E-state index contributed by atoms with van der Waals surface area (Å²) in [6.07, 6.45) is 8.79. The lowest BCUT2D eigenvalue weighted by Gasteiger charge is -2.23. The molecule has 2 aromatic heterocycles. The first-order chi connectivity index (χ1) is 32.5.